The molecule has 1 aliphatic heterocycles. The van der Waals surface area contributed by atoms with Gasteiger partial charge in [-0.2, -0.15) is 5.10 Å². The van der Waals surface area contributed by atoms with Gasteiger partial charge in [-0.3, -0.25) is 9.48 Å². The van der Waals surface area contributed by atoms with Crippen LogP contribution in [-0.4, -0.2) is 39.7 Å². The smallest absolute Gasteiger partial charge is 0.257 e. The average Bonchev–Trinajstić information content (AvgIpc) is 2.71. The van der Waals surface area contributed by atoms with E-state index in [9.17, 15) is 4.79 Å². The van der Waals surface area contributed by atoms with E-state index in [1.54, 1.807) is 15.8 Å². The van der Waals surface area contributed by atoms with Gasteiger partial charge in [-0.1, -0.05) is 0 Å². The molecule has 82 valence electrons. The number of hydrogen-bond donors (Lipinski definition) is 1. The van der Waals surface area contributed by atoms with Crippen LogP contribution < -0.4 is 5.73 Å². The van der Waals surface area contributed by atoms with Gasteiger partial charge in [0.1, 0.15) is 0 Å². The van der Waals surface area contributed by atoms with E-state index in [1.165, 1.54) is 0 Å². The molecule has 2 N–H and O–H groups in total. The zero-order valence-electron chi connectivity index (χ0n) is 9.10. The fourth-order valence-corrected chi connectivity index (χ4v) is 1.95. The number of aryl methyl sites for hydroxylation is 2. The van der Waals surface area contributed by atoms with Gasteiger partial charge in [0, 0.05) is 32.4 Å². The minimum absolute atomic E-state index is 0.0496. The van der Waals surface area contributed by atoms with Gasteiger partial charge in [-0.05, 0) is 13.3 Å². The summed E-state index contributed by atoms with van der Waals surface area (Å²) >= 11 is 0. The number of carbonyl (C=O) groups is 1. The second-order valence-corrected chi connectivity index (χ2v) is 4.10. The molecule has 1 aromatic rings. The monoisotopic (exact) mass is 208 g/mol. The lowest BCUT2D eigenvalue weighted by molar-refractivity contribution is 0.0790. The number of nitrogens with zero attached hydrogens (tertiary/aromatic N) is 3. The van der Waals surface area contributed by atoms with Crippen LogP contribution in [0.1, 0.15) is 22.5 Å². The van der Waals surface area contributed by atoms with Gasteiger partial charge < -0.3 is 10.6 Å². The molecule has 1 atom stereocenters. The number of likely N-dealkylation sites (tertiary alicyclic amines) is 1. The quantitative estimate of drug-likeness (QED) is 0.701. The summed E-state index contributed by atoms with van der Waals surface area (Å²) in [4.78, 5) is 13.8. The van der Waals surface area contributed by atoms with E-state index in [0.717, 1.165) is 18.7 Å². The topological polar surface area (TPSA) is 64.2 Å². The molecule has 0 radical (unpaired) electrons. The van der Waals surface area contributed by atoms with Crippen LogP contribution in [0.3, 0.4) is 0 Å². The molecule has 0 aliphatic carbocycles. The molecular weight excluding hydrogens is 192 g/mol. The second kappa shape index (κ2) is 3.66. The Morgan fingerprint density at radius 3 is 2.87 bits per heavy atom. The minimum Gasteiger partial charge on any atom is -0.337 e. The highest BCUT2D eigenvalue weighted by Crippen LogP contribution is 2.14. The molecule has 1 amide bonds. The molecule has 0 bridgehead atoms. The van der Waals surface area contributed by atoms with Crippen LogP contribution >= 0.6 is 0 Å². The van der Waals surface area contributed by atoms with Gasteiger partial charge in [-0.25, -0.2) is 0 Å². The van der Waals surface area contributed by atoms with Crippen molar-refractivity contribution >= 4 is 5.91 Å². The Hall–Kier alpha value is -1.36. The number of carbonyl (C=O) groups excluding carboxylic acids is 1. The summed E-state index contributed by atoms with van der Waals surface area (Å²) in [6.45, 7) is 3.27. The molecule has 5 nitrogen and oxygen atoms in total. The summed E-state index contributed by atoms with van der Waals surface area (Å²) < 4.78 is 1.67. The Balaban J connectivity index is 2.17. The van der Waals surface area contributed by atoms with Crippen molar-refractivity contribution in [3.05, 3.63) is 17.5 Å². The van der Waals surface area contributed by atoms with E-state index in [0.29, 0.717) is 12.1 Å². The van der Waals surface area contributed by atoms with Gasteiger partial charge in [0.2, 0.25) is 0 Å². The summed E-state index contributed by atoms with van der Waals surface area (Å²) in [7, 11) is 1.82. The van der Waals surface area contributed by atoms with Crippen molar-refractivity contribution in [1.82, 2.24) is 14.7 Å². The zero-order chi connectivity index (χ0) is 11.0. The third-order valence-electron chi connectivity index (χ3n) is 2.76. The number of rotatable bonds is 1. The van der Waals surface area contributed by atoms with Crippen LogP contribution in [0.25, 0.3) is 0 Å². The van der Waals surface area contributed by atoms with Crippen molar-refractivity contribution in [3.63, 3.8) is 0 Å². The number of hydrogen-bond acceptors (Lipinski definition) is 3. The maximum absolute atomic E-state index is 12.0. The predicted molar refractivity (Wildman–Crippen MR) is 56.4 cm³/mol. The number of aromatic nitrogens is 2. The predicted octanol–water partition coefficient (Wildman–Crippen LogP) is -0.0983. The fraction of sp³-hybridized carbons (Fsp3) is 0.600. The fourth-order valence-electron chi connectivity index (χ4n) is 1.95. The van der Waals surface area contributed by atoms with E-state index >= 15 is 0 Å². The van der Waals surface area contributed by atoms with E-state index in [1.807, 2.05) is 14.0 Å². The lowest BCUT2D eigenvalue weighted by Gasteiger charge is -2.14. The summed E-state index contributed by atoms with van der Waals surface area (Å²) in [5.41, 5.74) is 7.24. The first-order valence-corrected chi connectivity index (χ1v) is 5.13. The minimum atomic E-state index is 0.0496. The molecule has 0 spiro atoms. The van der Waals surface area contributed by atoms with Gasteiger partial charge in [-0.15, -0.1) is 0 Å². The summed E-state index contributed by atoms with van der Waals surface area (Å²) in [5, 5.41) is 4.16. The lowest BCUT2D eigenvalue weighted by Crippen LogP contribution is -2.32. The van der Waals surface area contributed by atoms with E-state index < -0.39 is 0 Å². The third-order valence-corrected chi connectivity index (χ3v) is 2.76. The maximum Gasteiger partial charge on any atom is 0.257 e. The Labute approximate surface area is 88.8 Å². The van der Waals surface area contributed by atoms with Crippen molar-refractivity contribution in [2.75, 3.05) is 13.1 Å². The highest BCUT2D eigenvalue weighted by molar-refractivity contribution is 5.95. The SMILES string of the molecule is Cc1nn(C)cc1C(=O)N1CC[C@@H](N)C1. The summed E-state index contributed by atoms with van der Waals surface area (Å²) in [6.07, 6.45) is 2.66. The van der Waals surface area contributed by atoms with Gasteiger partial charge >= 0.3 is 0 Å². The van der Waals surface area contributed by atoms with Crippen LogP contribution in [0, 0.1) is 6.92 Å². The highest BCUT2D eigenvalue weighted by Gasteiger charge is 2.26. The van der Waals surface area contributed by atoms with Gasteiger partial charge in [0.05, 0.1) is 11.3 Å². The highest BCUT2D eigenvalue weighted by atomic mass is 16.2. The Morgan fingerprint density at radius 1 is 1.67 bits per heavy atom. The molecule has 2 rings (SSSR count). The van der Waals surface area contributed by atoms with E-state index in [4.69, 9.17) is 5.73 Å². The normalized spacial score (nSPS) is 21.0. The third kappa shape index (κ3) is 1.87. The van der Waals surface area contributed by atoms with Crippen molar-refractivity contribution in [1.29, 1.82) is 0 Å². The molecular formula is C10H16N4O. The van der Waals surface area contributed by atoms with Gasteiger partial charge in [0.25, 0.3) is 5.91 Å². The van der Waals surface area contributed by atoms with Crippen LogP contribution in [0.5, 0.6) is 0 Å². The molecule has 0 unspecified atom stereocenters. The molecule has 0 saturated carbocycles. The van der Waals surface area contributed by atoms with E-state index in [2.05, 4.69) is 5.10 Å². The van der Waals surface area contributed by atoms with Crippen molar-refractivity contribution < 1.29 is 4.79 Å². The largest absolute Gasteiger partial charge is 0.337 e. The first kappa shape index (κ1) is 10.2. The molecule has 1 aromatic heterocycles. The summed E-state index contributed by atoms with van der Waals surface area (Å²) in [6, 6.07) is 0.130. The summed E-state index contributed by atoms with van der Waals surface area (Å²) in [5.74, 6) is 0.0496. The van der Waals surface area contributed by atoms with Crippen LogP contribution in [0.15, 0.2) is 6.20 Å². The van der Waals surface area contributed by atoms with Crippen molar-refractivity contribution in [2.45, 2.75) is 19.4 Å². The zero-order valence-corrected chi connectivity index (χ0v) is 9.10. The molecule has 1 fully saturated rings. The number of nitrogens with two attached hydrogens (primary N) is 1. The van der Waals surface area contributed by atoms with Crippen LogP contribution in [-0.2, 0) is 7.05 Å². The molecule has 1 saturated heterocycles. The Kier molecular flexibility index (Phi) is 2.48. The Bertz CT molecular complexity index is 385. The average molecular weight is 208 g/mol. The van der Waals surface area contributed by atoms with Crippen LogP contribution in [0.4, 0.5) is 0 Å². The van der Waals surface area contributed by atoms with Crippen LogP contribution in [0.2, 0.25) is 0 Å². The Morgan fingerprint density at radius 2 is 2.40 bits per heavy atom. The molecule has 15 heavy (non-hydrogen) atoms. The maximum atomic E-state index is 12.0. The molecule has 5 heteroatoms. The molecule has 1 aliphatic rings. The lowest BCUT2D eigenvalue weighted by atomic mass is 10.2. The standard InChI is InChI=1S/C10H16N4O/c1-7-9(6-13(2)12-7)10(15)14-4-3-8(11)5-14/h6,8H,3-5,11H2,1-2H3/t8-/m1/s1. The number of amides is 1. The molecule has 0 aromatic carbocycles. The van der Waals surface area contributed by atoms with Crippen molar-refractivity contribution in [3.8, 4) is 0 Å². The first-order valence-electron chi connectivity index (χ1n) is 5.13. The van der Waals surface area contributed by atoms with E-state index in [-0.39, 0.29) is 11.9 Å². The van der Waals surface area contributed by atoms with Gasteiger partial charge in [0.15, 0.2) is 0 Å². The first-order chi connectivity index (χ1) is 7.08. The van der Waals surface area contributed by atoms with Crippen molar-refractivity contribution in [2.24, 2.45) is 12.8 Å². The molecule has 2 heterocycles. The second-order valence-electron chi connectivity index (χ2n) is 4.10.